The fraction of sp³-hybridized carbons (Fsp3) is 0.421. The zero-order valence-electron chi connectivity index (χ0n) is 15.9. The highest BCUT2D eigenvalue weighted by molar-refractivity contribution is 6.00. The number of aliphatic carboxylic acids is 1. The van der Waals surface area contributed by atoms with Crippen molar-refractivity contribution in [2.24, 2.45) is 16.6 Å². The van der Waals surface area contributed by atoms with E-state index >= 15 is 0 Å². The maximum absolute atomic E-state index is 12.2. The molecule has 1 rings (SSSR count). The zero-order valence-corrected chi connectivity index (χ0v) is 15.9. The van der Waals surface area contributed by atoms with Crippen LogP contribution in [0.1, 0.15) is 24.8 Å². The van der Waals surface area contributed by atoms with Crippen LogP contribution >= 0.6 is 0 Å². The largest absolute Gasteiger partial charge is 0.573 e. The Labute approximate surface area is 166 Å². The smallest absolute Gasteiger partial charge is 0.481 e. The van der Waals surface area contributed by atoms with Crippen molar-refractivity contribution in [1.29, 1.82) is 0 Å². The number of allylic oxidation sites excluding steroid dienone is 1. The Morgan fingerprint density at radius 2 is 2.10 bits per heavy atom. The molecule has 0 spiro atoms. The molecule has 0 aromatic heterocycles. The van der Waals surface area contributed by atoms with Crippen molar-refractivity contribution in [1.82, 2.24) is 5.32 Å². The van der Waals surface area contributed by atoms with Gasteiger partial charge < -0.3 is 20.9 Å². The number of carbonyl (C=O) groups excluding carboxylic acids is 1. The van der Waals surface area contributed by atoms with E-state index in [0.29, 0.717) is 31.4 Å². The SMILES string of the molecule is CNCC(CCC/C=C\C(N)=NC(=O)Cc1cccc(OC(F)(F)F)c1)C(=O)O. The number of amidine groups is 1. The number of ether oxygens (including phenoxy) is 1. The molecule has 0 radical (unpaired) electrons. The fourth-order valence-corrected chi connectivity index (χ4v) is 2.49. The number of carboxylic acids is 1. The van der Waals surface area contributed by atoms with Crippen molar-refractivity contribution in [3.8, 4) is 5.75 Å². The molecule has 160 valence electrons. The maximum atomic E-state index is 12.2. The third-order valence-electron chi connectivity index (χ3n) is 3.75. The van der Waals surface area contributed by atoms with Crippen LogP contribution in [0.3, 0.4) is 0 Å². The molecule has 0 aliphatic heterocycles. The van der Waals surface area contributed by atoms with Crippen LogP contribution in [-0.4, -0.2) is 42.8 Å². The van der Waals surface area contributed by atoms with E-state index in [1.807, 2.05) is 0 Å². The number of aliphatic imine (C=N–C) groups is 1. The highest BCUT2D eigenvalue weighted by Crippen LogP contribution is 2.23. The third kappa shape index (κ3) is 10.9. The van der Waals surface area contributed by atoms with Crippen LogP contribution < -0.4 is 15.8 Å². The summed E-state index contributed by atoms with van der Waals surface area (Å²) < 4.78 is 40.5. The first-order valence-electron chi connectivity index (χ1n) is 8.86. The first-order valence-corrected chi connectivity index (χ1v) is 8.86. The van der Waals surface area contributed by atoms with Crippen molar-refractivity contribution >= 4 is 17.7 Å². The van der Waals surface area contributed by atoms with Gasteiger partial charge in [0.2, 0.25) is 0 Å². The lowest BCUT2D eigenvalue weighted by molar-refractivity contribution is -0.274. The molecule has 0 fully saturated rings. The number of amides is 1. The van der Waals surface area contributed by atoms with Crippen molar-refractivity contribution in [3.05, 3.63) is 42.0 Å². The van der Waals surface area contributed by atoms with Gasteiger partial charge in [0.05, 0.1) is 12.3 Å². The molecule has 29 heavy (non-hydrogen) atoms. The van der Waals surface area contributed by atoms with Crippen molar-refractivity contribution in [2.75, 3.05) is 13.6 Å². The highest BCUT2D eigenvalue weighted by atomic mass is 19.4. The summed E-state index contributed by atoms with van der Waals surface area (Å²) >= 11 is 0. The van der Waals surface area contributed by atoms with Crippen LogP contribution in [-0.2, 0) is 16.0 Å². The molecule has 0 bridgehead atoms. The molecule has 4 N–H and O–H groups in total. The van der Waals surface area contributed by atoms with Crippen LogP contribution in [0.5, 0.6) is 5.75 Å². The Balaban J connectivity index is 2.50. The summed E-state index contributed by atoms with van der Waals surface area (Å²) in [7, 11) is 1.68. The first-order chi connectivity index (χ1) is 13.6. The number of nitrogens with two attached hydrogens (primary N) is 1. The summed E-state index contributed by atoms with van der Waals surface area (Å²) in [4.78, 5) is 26.6. The van der Waals surface area contributed by atoms with E-state index in [1.54, 1.807) is 13.1 Å². The van der Waals surface area contributed by atoms with Crippen LogP contribution in [0.25, 0.3) is 0 Å². The molecule has 1 amide bonds. The molecule has 1 aromatic carbocycles. The highest BCUT2D eigenvalue weighted by Gasteiger charge is 2.31. The average molecular weight is 415 g/mol. The van der Waals surface area contributed by atoms with Gasteiger partial charge in [-0.2, -0.15) is 4.99 Å². The number of rotatable bonds is 11. The van der Waals surface area contributed by atoms with Crippen LogP contribution in [0.4, 0.5) is 13.2 Å². The zero-order chi connectivity index (χ0) is 21.9. The normalized spacial score (nSPS) is 13.4. The van der Waals surface area contributed by atoms with Crippen LogP contribution in [0, 0.1) is 5.92 Å². The van der Waals surface area contributed by atoms with Gasteiger partial charge in [-0.15, -0.1) is 13.2 Å². The monoisotopic (exact) mass is 415 g/mol. The Morgan fingerprint density at radius 1 is 1.38 bits per heavy atom. The topological polar surface area (TPSA) is 114 Å². The minimum Gasteiger partial charge on any atom is -0.481 e. The Hall–Kier alpha value is -2.88. The number of benzene rings is 1. The second kappa shape index (κ2) is 11.8. The van der Waals surface area contributed by atoms with Gasteiger partial charge in [0.25, 0.3) is 5.91 Å². The number of halogens is 3. The molecular formula is C19H24F3N3O4. The van der Waals surface area contributed by atoms with Crippen LogP contribution in [0.2, 0.25) is 0 Å². The van der Waals surface area contributed by atoms with E-state index < -0.39 is 29.9 Å². The molecule has 10 heteroatoms. The minimum absolute atomic E-state index is 0.0392. The fourth-order valence-electron chi connectivity index (χ4n) is 2.49. The van der Waals surface area contributed by atoms with Crippen molar-refractivity contribution < 1.29 is 32.6 Å². The lowest BCUT2D eigenvalue weighted by Gasteiger charge is -2.10. The number of carbonyl (C=O) groups is 2. The molecule has 0 aliphatic rings. The standard InChI is InChI=1S/C19H24F3N3O4/c1-24-12-14(18(27)28)7-3-2-4-9-16(23)25-17(26)11-13-6-5-8-15(10-13)29-19(20,21)22/h4-6,8-10,14,24H,2-3,7,11-12H2,1H3,(H,27,28)(H2,23,25,26)/b9-4-. The molecule has 0 aliphatic carbocycles. The van der Waals surface area contributed by atoms with Gasteiger partial charge in [-0.3, -0.25) is 9.59 Å². The van der Waals surface area contributed by atoms with Gasteiger partial charge in [-0.05, 0) is 50.1 Å². The second-order valence-electron chi connectivity index (χ2n) is 6.23. The Morgan fingerprint density at radius 3 is 2.72 bits per heavy atom. The third-order valence-corrected chi connectivity index (χ3v) is 3.75. The molecule has 1 unspecified atom stereocenters. The Kier molecular flexibility index (Phi) is 9.87. The number of unbranched alkanes of at least 4 members (excludes halogenated alkanes) is 1. The summed E-state index contributed by atoms with van der Waals surface area (Å²) in [5.41, 5.74) is 5.95. The molecule has 0 saturated heterocycles. The van der Waals surface area contributed by atoms with Gasteiger partial charge in [0.1, 0.15) is 11.6 Å². The second-order valence-corrected chi connectivity index (χ2v) is 6.23. The molecule has 1 aromatic rings. The number of hydrogen-bond donors (Lipinski definition) is 3. The van der Waals surface area contributed by atoms with E-state index in [1.165, 1.54) is 18.2 Å². The average Bonchev–Trinajstić information content (AvgIpc) is 2.58. The predicted octanol–water partition coefficient (Wildman–Crippen LogP) is 2.66. The van der Waals surface area contributed by atoms with Gasteiger partial charge in [-0.1, -0.05) is 18.2 Å². The molecule has 1 atom stereocenters. The summed E-state index contributed by atoms with van der Waals surface area (Å²) in [6, 6.07) is 5.06. The van der Waals surface area contributed by atoms with E-state index in [0.717, 1.165) is 12.1 Å². The van der Waals surface area contributed by atoms with E-state index in [-0.39, 0.29) is 12.3 Å². The van der Waals surface area contributed by atoms with Gasteiger partial charge in [0.15, 0.2) is 0 Å². The van der Waals surface area contributed by atoms with Crippen molar-refractivity contribution in [3.63, 3.8) is 0 Å². The lowest BCUT2D eigenvalue weighted by atomic mass is 10.0. The molecule has 0 heterocycles. The summed E-state index contributed by atoms with van der Waals surface area (Å²) in [6.45, 7) is 0.381. The lowest BCUT2D eigenvalue weighted by Crippen LogP contribution is -2.25. The number of nitrogens with zero attached hydrogens (tertiary/aromatic N) is 1. The summed E-state index contributed by atoms with van der Waals surface area (Å²) in [5, 5.41) is 11.9. The number of alkyl halides is 3. The van der Waals surface area contributed by atoms with Gasteiger partial charge in [-0.25, -0.2) is 0 Å². The predicted molar refractivity (Wildman–Crippen MR) is 102 cm³/mol. The first kappa shape index (κ1) is 24.2. The minimum atomic E-state index is -4.81. The van der Waals surface area contributed by atoms with E-state index in [9.17, 15) is 22.8 Å². The number of hydrogen-bond acceptors (Lipinski definition) is 4. The molecule has 0 saturated carbocycles. The van der Waals surface area contributed by atoms with E-state index in [4.69, 9.17) is 10.8 Å². The quantitative estimate of drug-likeness (QED) is 0.291. The van der Waals surface area contributed by atoms with Gasteiger partial charge in [0, 0.05) is 6.54 Å². The Bertz CT molecular complexity index is 748. The van der Waals surface area contributed by atoms with Crippen LogP contribution in [0.15, 0.2) is 41.4 Å². The summed E-state index contributed by atoms with van der Waals surface area (Å²) in [6.07, 6.45) is -0.234. The molecule has 7 nitrogen and oxygen atoms in total. The van der Waals surface area contributed by atoms with Crippen molar-refractivity contribution in [2.45, 2.75) is 32.0 Å². The van der Waals surface area contributed by atoms with E-state index in [2.05, 4.69) is 15.0 Å². The maximum Gasteiger partial charge on any atom is 0.573 e. The number of carboxylic acid groups (broad SMARTS) is 1. The molecular weight excluding hydrogens is 391 g/mol. The number of nitrogens with one attached hydrogen (secondary N) is 1. The summed E-state index contributed by atoms with van der Waals surface area (Å²) in [5.74, 6) is -2.41. The van der Waals surface area contributed by atoms with Gasteiger partial charge >= 0.3 is 12.3 Å².